The number of hydrogen-bond acceptors (Lipinski definition) is 5. The molecule has 3 amide bonds. The van der Waals surface area contributed by atoms with Crippen molar-refractivity contribution in [3.8, 4) is 11.5 Å². The van der Waals surface area contributed by atoms with Crippen molar-refractivity contribution in [1.82, 2.24) is 14.7 Å². The van der Waals surface area contributed by atoms with E-state index in [9.17, 15) is 14.4 Å². The van der Waals surface area contributed by atoms with Crippen LogP contribution in [-0.4, -0.2) is 85.9 Å². The minimum absolute atomic E-state index is 0.0330. The van der Waals surface area contributed by atoms with Gasteiger partial charge in [0.1, 0.15) is 0 Å². The fourth-order valence-corrected chi connectivity index (χ4v) is 5.06. The molecule has 2 fully saturated rings. The summed E-state index contributed by atoms with van der Waals surface area (Å²) in [5, 5.41) is 0. The maximum atomic E-state index is 13.6. The van der Waals surface area contributed by atoms with Crippen LogP contribution < -0.4 is 9.47 Å². The molecule has 2 aliphatic heterocycles. The van der Waals surface area contributed by atoms with Crippen LogP contribution in [-0.2, 0) is 9.59 Å². The van der Waals surface area contributed by atoms with E-state index in [0.29, 0.717) is 62.8 Å². The highest BCUT2D eigenvalue weighted by atomic mass is 16.5. The molecule has 0 unspecified atom stereocenters. The Morgan fingerprint density at radius 3 is 2.09 bits per heavy atom. The number of piperazine rings is 1. The molecule has 186 valence electrons. The van der Waals surface area contributed by atoms with Gasteiger partial charge in [0.05, 0.1) is 20.1 Å². The molecule has 8 nitrogen and oxygen atoms in total. The molecule has 2 heterocycles. The summed E-state index contributed by atoms with van der Waals surface area (Å²) < 4.78 is 10.7. The van der Waals surface area contributed by atoms with Crippen molar-refractivity contribution in [1.29, 1.82) is 0 Å². The normalized spacial score (nSPS) is 20.4. The summed E-state index contributed by atoms with van der Waals surface area (Å²) in [5.74, 6) is 0.757. The van der Waals surface area contributed by atoms with Crippen molar-refractivity contribution in [3.05, 3.63) is 59.7 Å². The van der Waals surface area contributed by atoms with Gasteiger partial charge in [0.15, 0.2) is 11.5 Å². The van der Waals surface area contributed by atoms with Crippen LogP contribution in [0.25, 0.3) is 0 Å². The summed E-state index contributed by atoms with van der Waals surface area (Å²) in [6, 6.07) is 15.2. The molecule has 2 aromatic carbocycles. The molecule has 8 heteroatoms. The van der Waals surface area contributed by atoms with Crippen LogP contribution in [0, 0.1) is 5.92 Å². The molecule has 0 aromatic heterocycles. The molecule has 4 rings (SSSR count). The van der Waals surface area contributed by atoms with Gasteiger partial charge in [0, 0.05) is 57.7 Å². The Kier molecular flexibility index (Phi) is 7.58. The van der Waals surface area contributed by atoms with Crippen molar-refractivity contribution in [2.24, 2.45) is 5.92 Å². The molecule has 0 N–H and O–H groups in total. The van der Waals surface area contributed by atoms with Gasteiger partial charge in [-0.15, -0.1) is 0 Å². The number of carbonyl (C=O) groups excluding carboxylic acids is 3. The van der Waals surface area contributed by atoms with Crippen molar-refractivity contribution in [3.63, 3.8) is 0 Å². The summed E-state index contributed by atoms with van der Waals surface area (Å²) >= 11 is 0. The standard InChI is InChI=1S/C27H33N3O5/c1-19(31)28-11-13-29(14-12-28)27(33)23-15-22(20-7-5-4-6-8-20)17-30(18-23)26(32)21-9-10-24(34-2)25(16-21)35-3/h4-10,16,22-23H,11-15,17-18H2,1-3H3/t22-,23-/m0/s1. The molecular weight excluding hydrogens is 446 g/mol. The summed E-state index contributed by atoms with van der Waals surface area (Å²) in [6.07, 6.45) is 0.686. The number of methoxy groups -OCH3 is 2. The zero-order valence-corrected chi connectivity index (χ0v) is 20.6. The van der Waals surface area contributed by atoms with Crippen LogP contribution in [0.5, 0.6) is 11.5 Å². The average Bonchev–Trinajstić information content (AvgIpc) is 2.92. The van der Waals surface area contributed by atoms with Crippen LogP contribution in [0.4, 0.5) is 0 Å². The van der Waals surface area contributed by atoms with Crippen LogP contribution in [0.15, 0.2) is 48.5 Å². The lowest BCUT2D eigenvalue weighted by Crippen LogP contribution is -2.54. The largest absolute Gasteiger partial charge is 0.493 e. The van der Waals surface area contributed by atoms with Gasteiger partial charge in [0.2, 0.25) is 11.8 Å². The topological polar surface area (TPSA) is 79.4 Å². The number of hydrogen-bond donors (Lipinski definition) is 0. The molecular formula is C27H33N3O5. The first kappa shape index (κ1) is 24.6. The number of nitrogens with zero attached hydrogens (tertiary/aromatic N) is 3. The van der Waals surface area contributed by atoms with Gasteiger partial charge in [-0.25, -0.2) is 0 Å². The Bertz CT molecular complexity index is 1070. The van der Waals surface area contributed by atoms with Gasteiger partial charge in [-0.1, -0.05) is 30.3 Å². The third kappa shape index (κ3) is 5.42. The maximum Gasteiger partial charge on any atom is 0.254 e. The number of carbonyl (C=O) groups is 3. The number of rotatable bonds is 5. The zero-order valence-electron chi connectivity index (χ0n) is 20.6. The van der Waals surface area contributed by atoms with E-state index < -0.39 is 0 Å². The molecule has 0 radical (unpaired) electrons. The van der Waals surface area contributed by atoms with E-state index in [1.54, 1.807) is 49.1 Å². The number of amides is 3. The highest BCUT2D eigenvalue weighted by molar-refractivity contribution is 5.95. The fourth-order valence-electron chi connectivity index (χ4n) is 5.06. The minimum Gasteiger partial charge on any atom is -0.493 e. The van der Waals surface area contributed by atoms with E-state index in [-0.39, 0.29) is 29.6 Å². The van der Waals surface area contributed by atoms with Gasteiger partial charge >= 0.3 is 0 Å². The lowest BCUT2D eigenvalue weighted by Gasteiger charge is -2.41. The first-order valence-electron chi connectivity index (χ1n) is 12.0. The van der Waals surface area contributed by atoms with Gasteiger partial charge in [0.25, 0.3) is 5.91 Å². The molecule has 0 spiro atoms. The van der Waals surface area contributed by atoms with Crippen LogP contribution in [0.1, 0.15) is 35.2 Å². The first-order valence-corrected chi connectivity index (χ1v) is 12.0. The quantitative estimate of drug-likeness (QED) is 0.659. The van der Waals surface area contributed by atoms with Gasteiger partial charge < -0.3 is 24.2 Å². The average molecular weight is 480 g/mol. The smallest absolute Gasteiger partial charge is 0.254 e. The lowest BCUT2D eigenvalue weighted by molar-refractivity contribution is -0.142. The SMILES string of the molecule is COc1ccc(C(=O)N2C[C@@H](C(=O)N3CCN(C(C)=O)CC3)C[C@H](c3ccccc3)C2)cc1OC. The van der Waals surface area contributed by atoms with E-state index in [0.717, 1.165) is 5.56 Å². The molecule has 0 bridgehead atoms. The number of piperidine rings is 1. The highest BCUT2D eigenvalue weighted by Gasteiger charge is 2.37. The van der Waals surface area contributed by atoms with Gasteiger partial charge in [-0.3, -0.25) is 14.4 Å². The van der Waals surface area contributed by atoms with E-state index in [2.05, 4.69) is 12.1 Å². The molecule has 2 saturated heterocycles. The molecule has 2 aliphatic rings. The summed E-state index contributed by atoms with van der Waals surface area (Å²) in [4.78, 5) is 44.2. The van der Waals surface area contributed by atoms with E-state index in [4.69, 9.17) is 9.47 Å². The second-order valence-corrected chi connectivity index (χ2v) is 9.15. The predicted octanol–water partition coefficient (Wildman–Crippen LogP) is 2.64. The van der Waals surface area contributed by atoms with Crippen molar-refractivity contribution < 1.29 is 23.9 Å². The maximum absolute atomic E-state index is 13.6. The second-order valence-electron chi connectivity index (χ2n) is 9.15. The Hall–Kier alpha value is -3.55. The summed E-state index contributed by atoms with van der Waals surface area (Å²) in [5.41, 5.74) is 1.62. The lowest BCUT2D eigenvalue weighted by atomic mass is 9.83. The first-order chi connectivity index (χ1) is 16.9. The molecule has 35 heavy (non-hydrogen) atoms. The number of likely N-dealkylation sites (tertiary alicyclic amines) is 1. The highest BCUT2D eigenvalue weighted by Crippen LogP contribution is 2.34. The second kappa shape index (κ2) is 10.8. The summed E-state index contributed by atoms with van der Waals surface area (Å²) in [7, 11) is 3.10. The van der Waals surface area contributed by atoms with E-state index in [1.165, 1.54) is 0 Å². The Balaban J connectivity index is 1.56. The minimum atomic E-state index is -0.304. The van der Waals surface area contributed by atoms with E-state index in [1.807, 2.05) is 23.1 Å². The Labute approximate surface area is 206 Å². The third-order valence-electron chi connectivity index (χ3n) is 7.03. The number of benzene rings is 2. The zero-order chi connectivity index (χ0) is 24.9. The van der Waals surface area contributed by atoms with Gasteiger partial charge in [-0.05, 0) is 30.2 Å². The molecule has 0 aliphatic carbocycles. The van der Waals surface area contributed by atoms with Gasteiger partial charge in [-0.2, -0.15) is 0 Å². The number of ether oxygens (including phenoxy) is 2. The van der Waals surface area contributed by atoms with Crippen molar-refractivity contribution >= 4 is 17.7 Å². The Morgan fingerprint density at radius 1 is 0.800 bits per heavy atom. The monoisotopic (exact) mass is 479 g/mol. The molecule has 0 saturated carbocycles. The van der Waals surface area contributed by atoms with Crippen molar-refractivity contribution in [2.75, 3.05) is 53.5 Å². The molecule has 2 aromatic rings. The van der Waals surface area contributed by atoms with Crippen molar-refractivity contribution in [2.45, 2.75) is 19.3 Å². The Morgan fingerprint density at radius 2 is 1.46 bits per heavy atom. The summed E-state index contributed by atoms with van der Waals surface area (Å²) in [6.45, 7) is 4.60. The fraction of sp³-hybridized carbons (Fsp3) is 0.444. The van der Waals surface area contributed by atoms with Crippen LogP contribution in [0.2, 0.25) is 0 Å². The molecule has 2 atom stereocenters. The van der Waals surface area contributed by atoms with Crippen LogP contribution >= 0.6 is 0 Å². The van der Waals surface area contributed by atoms with E-state index >= 15 is 0 Å². The third-order valence-corrected chi connectivity index (χ3v) is 7.03. The van der Waals surface area contributed by atoms with Crippen LogP contribution in [0.3, 0.4) is 0 Å². The predicted molar refractivity (Wildman–Crippen MR) is 132 cm³/mol.